The van der Waals surface area contributed by atoms with Gasteiger partial charge in [-0.15, -0.1) is 0 Å². The third-order valence-corrected chi connectivity index (χ3v) is 6.32. The van der Waals surface area contributed by atoms with Gasteiger partial charge < -0.3 is 38.8 Å². The number of piperidine rings is 1. The van der Waals surface area contributed by atoms with E-state index in [1.807, 2.05) is 18.2 Å². The zero-order chi connectivity index (χ0) is 26.5. The van der Waals surface area contributed by atoms with Crippen LogP contribution in [0, 0.1) is 0 Å². The molecule has 1 N–H and O–H groups in total. The molecule has 4 heterocycles. The van der Waals surface area contributed by atoms with Crippen LogP contribution in [0.2, 0.25) is 0 Å². The van der Waals surface area contributed by atoms with Crippen molar-refractivity contribution in [1.82, 2.24) is 14.8 Å². The van der Waals surface area contributed by atoms with Crippen LogP contribution >= 0.6 is 0 Å². The fraction of sp³-hybridized carbons (Fsp3) is 0.600. The third kappa shape index (κ3) is 8.14. The Bertz CT molecular complexity index is 933. The zero-order valence-corrected chi connectivity index (χ0v) is 21.5. The van der Waals surface area contributed by atoms with Crippen molar-refractivity contribution >= 4 is 30.4 Å². The van der Waals surface area contributed by atoms with E-state index in [4.69, 9.17) is 23.7 Å². The zero-order valence-electron chi connectivity index (χ0n) is 21.5. The lowest BCUT2D eigenvalue weighted by Crippen LogP contribution is -2.47. The van der Waals surface area contributed by atoms with E-state index in [-0.39, 0.29) is 25.6 Å². The van der Waals surface area contributed by atoms with Crippen LogP contribution in [0.15, 0.2) is 18.3 Å². The maximum atomic E-state index is 12.6. The van der Waals surface area contributed by atoms with Crippen molar-refractivity contribution in [3.63, 3.8) is 0 Å². The number of pyridine rings is 1. The summed E-state index contributed by atoms with van der Waals surface area (Å²) in [5.41, 5.74) is 0.574. The molecule has 4 rings (SSSR count). The molecule has 0 aromatic carbocycles. The van der Waals surface area contributed by atoms with Crippen LogP contribution in [0.4, 0.5) is 10.6 Å². The van der Waals surface area contributed by atoms with E-state index < -0.39 is 11.7 Å². The van der Waals surface area contributed by atoms with Gasteiger partial charge >= 0.3 is 6.09 Å². The van der Waals surface area contributed by atoms with Crippen molar-refractivity contribution in [3.8, 4) is 0 Å². The van der Waals surface area contributed by atoms with E-state index in [0.29, 0.717) is 71.3 Å². The van der Waals surface area contributed by atoms with Crippen LogP contribution in [-0.4, -0.2) is 113 Å². The Kier molecular flexibility index (Phi) is 11.1. The summed E-state index contributed by atoms with van der Waals surface area (Å²) in [6.07, 6.45) is 5.59. The number of carbonyl (C=O) groups is 3. The molecular formula is C25H36N4O8. The molecule has 1 aromatic rings. The summed E-state index contributed by atoms with van der Waals surface area (Å²) in [5.74, 6) is 0.257. The minimum absolute atomic E-state index is 0.281. The van der Waals surface area contributed by atoms with Crippen LogP contribution in [0.1, 0.15) is 24.0 Å². The lowest BCUT2D eigenvalue weighted by atomic mass is 9.83. The van der Waals surface area contributed by atoms with Crippen LogP contribution in [0.5, 0.6) is 0 Å². The molecule has 1 saturated heterocycles. The molecule has 1 fully saturated rings. The number of carbonyl (C=O) groups excluding carboxylic acids is 3. The van der Waals surface area contributed by atoms with Gasteiger partial charge in [0.05, 0.1) is 39.6 Å². The molecule has 37 heavy (non-hydrogen) atoms. The second-order valence-electron chi connectivity index (χ2n) is 8.68. The molecule has 2 amide bonds. The van der Waals surface area contributed by atoms with Gasteiger partial charge in [0.15, 0.2) is 6.61 Å². The number of hydrogen-bond donors (Lipinski definition) is 1. The number of nitrogens with zero attached hydrogens (tertiary/aromatic N) is 3. The van der Waals surface area contributed by atoms with Crippen molar-refractivity contribution < 1.29 is 38.1 Å². The quantitative estimate of drug-likeness (QED) is 0.459. The third-order valence-electron chi connectivity index (χ3n) is 6.32. The smallest absolute Gasteiger partial charge is 0.410 e. The van der Waals surface area contributed by atoms with Gasteiger partial charge in [0.25, 0.3) is 12.4 Å². The highest BCUT2D eigenvalue weighted by molar-refractivity contribution is 5.80. The highest BCUT2D eigenvalue weighted by atomic mass is 16.6. The summed E-state index contributed by atoms with van der Waals surface area (Å²) in [7, 11) is 3.37. The number of ether oxygens (including phenoxy) is 5. The fourth-order valence-corrected chi connectivity index (χ4v) is 4.14. The molecule has 0 saturated carbocycles. The molecule has 204 valence electrons. The summed E-state index contributed by atoms with van der Waals surface area (Å²) in [6.45, 7) is 3.43. The van der Waals surface area contributed by atoms with Crippen LogP contribution < -0.4 is 5.32 Å². The minimum atomic E-state index is -0.967. The molecule has 3 aliphatic heterocycles. The largest absolute Gasteiger partial charge is 0.456 e. The van der Waals surface area contributed by atoms with E-state index in [9.17, 15) is 14.4 Å². The fourth-order valence-electron chi connectivity index (χ4n) is 4.14. The van der Waals surface area contributed by atoms with E-state index in [1.165, 1.54) is 9.80 Å². The number of rotatable bonds is 3. The van der Waals surface area contributed by atoms with Crippen molar-refractivity contribution in [2.45, 2.75) is 18.4 Å². The first-order valence-electron chi connectivity index (χ1n) is 12.3. The standard InChI is InChI=1S/C25H36N4O8/c1-26-23-21-16-20(17-27-23)4-3-10-33-12-14-35-15-13-34-11-9-28(2)22(31)18-36-24(32)29-7-5-25(21,6-8-29)37-19-30/h3-4,16-17,19H,5-15,18H2,1-2H3,(H,26,27)/b4-3+. The first kappa shape index (κ1) is 28.4. The maximum absolute atomic E-state index is 12.6. The molecule has 0 unspecified atom stereocenters. The number of fused-ring (bicyclic) bond motifs is 17. The highest BCUT2D eigenvalue weighted by Crippen LogP contribution is 2.40. The summed E-state index contributed by atoms with van der Waals surface area (Å²) in [6, 6.07) is 1.92. The van der Waals surface area contributed by atoms with Crippen molar-refractivity contribution in [2.24, 2.45) is 0 Å². The van der Waals surface area contributed by atoms with E-state index in [1.54, 1.807) is 20.3 Å². The number of aromatic nitrogens is 1. The Morgan fingerprint density at radius 3 is 2.46 bits per heavy atom. The number of nitrogens with one attached hydrogen (secondary N) is 1. The topological polar surface area (TPSA) is 129 Å². The van der Waals surface area contributed by atoms with E-state index in [2.05, 4.69) is 10.3 Å². The SMILES string of the molecule is CNc1ncc2cc1C1(OC=O)CCN(CC1)C(=O)OCC(=O)N(C)CCOCCOCCOC/C=C/2. The average molecular weight is 521 g/mol. The number of anilines is 1. The van der Waals surface area contributed by atoms with Gasteiger partial charge in [-0.1, -0.05) is 12.2 Å². The predicted octanol–water partition coefficient (Wildman–Crippen LogP) is 1.26. The van der Waals surface area contributed by atoms with Gasteiger partial charge in [-0.3, -0.25) is 9.59 Å². The molecule has 0 radical (unpaired) electrons. The summed E-state index contributed by atoms with van der Waals surface area (Å²) < 4.78 is 27.4. The molecule has 4 bridgehead atoms. The Morgan fingerprint density at radius 2 is 1.76 bits per heavy atom. The summed E-state index contributed by atoms with van der Waals surface area (Å²) in [4.78, 5) is 43.9. The van der Waals surface area contributed by atoms with Crippen LogP contribution in [-0.2, 0) is 38.9 Å². The number of amides is 2. The second-order valence-corrected chi connectivity index (χ2v) is 8.68. The van der Waals surface area contributed by atoms with E-state index in [0.717, 1.165) is 11.1 Å². The molecular weight excluding hydrogens is 484 g/mol. The monoisotopic (exact) mass is 520 g/mol. The Hall–Kier alpha value is -3.22. The van der Waals surface area contributed by atoms with Gasteiger partial charge in [0.1, 0.15) is 11.4 Å². The first-order valence-corrected chi connectivity index (χ1v) is 12.3. The summed E-state index contributed by atoms with van der Waals surface area (Å²) in [5, 5.41) is 3.07. The van der Waals surface area contributed by atoms with Crippen LogP contribution in [0.25, 0.3) is 6.08 Å². The molecule has 0 atom stereocenters. The van der Waals surface area contributed by atoms with Crippen molar-refractivity contribution in [3.05, 3.63) is 29.5 Å². The van der Waals surface area contributed by atoms with Gasteiger partial charge in [-0.05, 0) is 11.6 Å². The average Bonchev–Trinajstić information content (AvgIpc) is 2.91. The molecule has 0 spiro atoms. The molecule has 12 nitrogen and oxygen atoms in total. The molecule has 1 aromatic heterocycles. The van der Waals surface area contributed by atoms with Crippen molar-refractivity contribution in [2.75, 3.05) is 85.3 Å². The van der Waals surface area contributed by atoms with E-state index >= 15 is 0 Å². The lowest BCUT2D eigenvalue weighted by Gasteiger charge is -2.40. The van der Waals surface area contributed by atoms with Gasteiger partial charge in [0, 0.05) is 58.3 Å². The number of likely N-dealkylation sites (N-methyl/N-ethyl adjacent to an activating group) is 1. The molecule has 3 aliphatic rings. The van der Waals surface area contributed by atoms with Crippen molar-refractivity contribution in [1.29, 1.82) is 0 Å². The normalized spacial score (nSPS) is 21.5. The predicted molar refractivity (Wildman–Crippen MR) is 134 cm³/mol. The van der Waals surface area contributed by atoms with Crippen LogP contribution in [0.3, 0.4) is 0 Å². The minimum Gasteiger partial charge on any atom is -0.456 e. The van der Waals surface area contributed by atoms with Gasteiger partial charge in [0.2, 0.25) is 0 Å². The Labute approximate surface area is 216 Å². The Morgan fingerprint density at radius 1 is 1.05 bits per heavy atom. The first-order chi connectivity index (χ1) is 18.0. The highest BCUT2D eigenvalue weighted by Gasteiger charge is 2.42. The molecule has 12 heteroatoms. The lowest BCUT2D eigenvalue weighted by molar-refractivity contribution is -0.150. The number of hydrogen-bond acceptors (Lipinski definition) is 10. The van der Waals surface area contributed by atoms with Gasteiger partial charge in [-0.25, -0.2) is 9.78 Å². The maximum Gasteiger partial charge on any atom is 0.410 e. The second kappa shape index (κ2) is 14.5. The molecule has 0 aliphatic carbocycles. The summed E-state index contributed by atoms with van der Waals surface area (Å²) >= 11 is 0. The van der Waals surface area contributed by atoms with Gasteiger partial charge in [-0.2, -0.15) is 0 Å². The Balaban J connectivity index is 1.77.